The van der Waals surface area contributed by atoms with E-state index in [1.807, 2.05) is 31.7 Å². The molecule has 1 saturated carbocycles. The Labute approximate surface area is 194 Å². The molecule has 0 aromatic heterocycles. The van der Waals surface area contributed by atoms with E-state index in [1.165, 1.54) is 18.4 Å². The molecular weight excluding hydrogens is 400 g/mol. The van der Waals surface area contributed by atoms with Crippen LogP contribution in [0.5, 0.6) is 0 Å². The second kappa shape index (κ2) is 11.2. The van der Waals surface area contributed by atoms with E-state index in [9.17, 15) is 9.59 Å². The van der Waals surface area contributed by atoms with Crippen LogP contribution < -0.4 is 10.6 Å². The summed E-state index contributed by atoms with van der Waals surface area (Å²) in [5.74, 6) is 0.594. The standard InChI is InChI=1S/C26H42N4O2/c1-20(14-15-21-10-6-5-7-11-21)27-24(31)23(22-12-8-9-13-22)29-16-18-30(19-17-29)25(32)28-26(2,3)4/h5-7,10-11,20,22-23H,8-9,12-19H2,1-4H3,(H,27,31)(H,28,32). The lowest BCUT2D eigenvalue weighted by atomic mass is 9.94. The lowest BCUT2D eigenvalue weighted by Crippen LogP contribution is -2.60. The van der Waals surface area contributed by atoms with Crippen molar-refractivity contribution < 1.29 is 9.59 Å². The predicted molar refractivity (Wildman–Crippen MR) is 130 cm³/mol. The van der Waals surface area contributed by atoms with Gasteiger partial charge < -0.3 is 15.5 Å². The minimum absolute atomic E-state index is 0.00597. The molecule has 1 aliphatic heterocycles. The van der Waals surface area contributed by atoms with Gasteiger partial charge in [0.2, 0.25) is 5.91 Å². The maximum Gasteiger partial charge on any atom is 0.317 e. The molecule has 0 spiro atoms. The lowest BCUT2D eigenvalue weighted by molar-refractivity contribution is -0.129. The molecule has 32 heavy (non-hydrogen) atoms. The number of benzene rings is 1. The molecular formula is C26H42N4O2. The van der Waals surface area contributed by atoms with Crippen molar-refractivity contribution in [1.82, 2.24) is 20.4 Å². The minimum Gasteiger partial charge on any atom is -0.352 e. The second-order valence-electron chi connectivity index (χ2n) is 10.6. The highest BCUT2D eigenvalue weighted by molar-refractivity contribution is 5.82. The Kier molecular flexibility index (Phi) is 8.57. The summed E-state index contributed by atoms with van der Waals surface area (Å²) >= 11 is 0. The predicted octanol–water partition coefficient (Wildman–Crippen LogP) is 3.81. The number of nitrogens with zero attached hydrogens (tertiary/aromatic N) is 2. The Hall–Kier alpha value is -2.08. The van der Waals surface area contributed by atoms with E-state index in [2.05, 4.69) is 46.7 Å². The Morgan fingerprint density at radius 3 is 2.25 bits per heavy atom. The maximum absolute atomic E-state index is 13.4. The number of piperazine rings is 1. The molecule has 6 heteroatoms. The maximum atomic E-state index is 13.4. The molecule has 2 N–H and O–H groups in total. The number of carbonyl (C=O) groups is 2. The number of urea groups is 1. The first-order valence-electron chi connectivity index (χ1n) is 12.4. The Morgan fingerprint density at radius 2 is 1.66 bits per heavy atom. The van der Waals surface area contributed by atoms with Crippen molar-refractivity contribution in [1.29, 1.82) is 0 Å². The van der Waals surface area contributed by atoms with Gasteiger partial charge in [0.25, 0.3) is 0 Å². The summed E-state index contributed by atoms with van der Waals surface area (Å²) in [6, 6.07) is 10.5. The molecule has 1 aromatic carbocycles. The smallest absolute Gasteiger partial charge is 0.317 e. The van der Waals surface area contributed by atoms with Crippen LogP contribution in [0, 0.1) is 5.92 Å². The van der Waals surface area contributed by atoms with Gasteiger partial charge in [-0.15, -0.1) is 0 Å². The summed E-state index contributed by atoms with van der Waals surface area (Å²) in [5.41, 5.74) is 1.07. The van der Waals surface area contributed by atoms with Crippen LogP contribution in [0.1, 0.15) is 65.4 Å². The largest absolute Gasteiger partial charge is 0.352 e. The highest BCUT2D eigenvalue weighted by atomic mass is 16.2. The third kappa shape index (κ3) is 7.22. The van der Waals surface area contributed by atoms with Gasteiger partial charge in [0.05, 0.1) is 6.04 Å². The monoisotopic (exact) mass is 442 g/mol. The van der Waals surface area contributed by atoms with Crippen LogP contribution in [0.15, 0.2) is 30.3 Å². The summed E-state index contributed by atoms with van der Waals surface area (Å²) in [6.45, 7) is 11.0. The number of aryl methyl sites for hydroxylation is 1. The van der Waals surface area contributed by atoms with Gasteiger partial charge in [-0.1, -0.05) is 43.2 Å². The average Bonchev–Trinajstić information content (AvgIpc) is 3.26. The molecule has 2 unspecified atom stereocenters. The number of rotatable bonds is 7. The molecule has 0 radical (unpaired) electrons. The quantitative estimate of drug-likeness (QED) is 0.675. The fourth-order valence-electron chi connectivity index (χ4n) is 4.98. The molecule has 1 saturated heterocycles. The van der Waals surface area contributed by atoms with Crippen LogP contribution in [-0.4, -0.2) is 65.5 Å². The van der Waals surface area contributed by atoms with Gasteiger partial charge in [0, 0.05) is 37.8 Å². The van der Waals surface area contributed by atoms with Crippen LogP contribution in [0.4, 0.5) is 4.79 Å². The third-order valence-electron chi connectivity index (χ3n) is 6.69. The van der Waals surface area contributed by atoms with Crippen molar-refractivity contribution in [3.63, 3.8) is 0 Å². The van der Waals surface area contributed by atoms with Gasteiger partial charge >= 0.3 is 6.03 Å². The zero-order valence-electron chi connectivity index (χ0n) is 20.4. The zero-order valence-corrected chi connectivity index (χ0v) is 20.4. The summed E-state index contributed by atoms with van der Waals surface area (Å²) in [6.07, 6.45) is 6.59. The topological polar surface area (TPSA) is 64.7 Å². The first-order valence-corrected chi connectivity index (χ1v) is 12.4. The van der Waals surface area contributed by atoms with Gasteiger partial charge in [-0.2, -0.15) is 0 Å². The average molecular weight is 443 g/mol. The van der Waals surface area contributed by atoms with Gasteiger partial charge in [-0.25, -0.2) is 4.79 Å². The molecule has 2 atom stereocenters. The highest BCUT2D eigenvalue weighted by Crippen LogP contribution is 2.31. The zero-order chi connectivity index (χ0) is 23.1. The van der Waals surface area contributed by atoms with Gasteiger partial charge in [0.15, 0.2) is 0 Å². The SMILES string of the molecule is CC(CCc1ccccc1)NC(=O)C(C1CCCC1)N1CCN(C(=O)NC(C)(C)C)CC1. The Bertz CT molecular complexity index is 732. The van der Waals surface area contributed by atoms with E-state index in [0.717, 1.165) is 38.8 Å². The molecule has 3 rings (SSSR count). The van der Waals surface area contributed by atoms with Crippen molar-refractivity contribution in [2.24, 2.45) is 5.92 Å². The van der Waals surface area contributed by atoms with E-state index in [1.54, 1.807) is 0 Å². The normalized spacial score (nSPS) is 20.1. The highest BCUT2D eigenvalue weighted by Gasteiger charge is 2.37. The van der Waals surface area contributed by atoms with Gasteiger partial charge in [-0.3, -0.25) is 9.69 Å². The van der Waals surface area contributed by atoms with Crippen LogP contribution in [0.2, 0.25) is 0 Å². The van der Waals surface area contributed by atoms with Crippen LogP contribution in [-0.2, 0) is 11.2 Å². The molecule has 1 aliphatic carbocycles. The summed E-state index contributed by atoms with van der Waals surface area (Å²) in [4.78, 5) is 30.2. The molecule has 2 aliphatic rings. The molecule has 3 amide bonds. The summed E-state index contributed by atoms with van der Waals surface area (Å²) < 4.78 is 0. The van der Waals surface area contributed by atoms with E-state index in [0.29, 0.717) is 19.0 Å². The van der Waals surface area contributed by atoms with Crippen molar-refractivity contribution in [3.8, 4) is 0 Å². The van der Waals surface area contributed by atoms with Crippen molar-refractivity contribution in [2.45, 2.75) is 83.8 Å². The molecule has 1 aromatic rings. The Balaban J connectivity index is 1.55. The number of amides is 3. The fourth-order valence-corrected chi connectivity index (χ4v) is 4.98. The fraction of sp³-hybridized carbons (Fsp3) is 0.692. The van der Waals surface area contributed by atoms with E-state index in [-0.39, 0.29) is 29.6 Å². The van der Waals surface area contributed by atoms with Crippen LogP contribution in [0.3, 0.4) is 0 Å². The molecule has 6 nitrogen and oxygen atoms in total. The summed E-state index contributed by atoms with van der Waals surface area (Å²) in [7, 11) is 0. The van der Waals surface area contributed by atoms with Crippen LogP contribution in [0.25, 0.3) is 0 Å². The van der Waals surface area contributed by atoms with E-state index in [4.69, 9.17) is 0 Å². The van der Waals surface area contributed by atoms with E-state index >= 15 is 0 Å². The number of carbonyl (C=O) groups excluding carboxylic acids is 2. The van der Waals surface area contributed by atoms with E-state index < -0.39 is 0 Å². The number of hydrogen-bond acceptors (Lipinski definition) is 3. The summed E-state index contributed by atoms with van der Waals surface area (Å²) in [5, 5.41) is 6.37. The number of hydrogen-bond donors (Lipinski definition) is 2. The second-order valence-corrected chi connectivity index (χ2v) is 10.6. The lowest BCUT2D eigenvalue weighted by Gasteiger charge is -2.41. The Morgan fingerprint density at radius 1 is 1.03 bits per heavy atom. The molecule has 1 heterocycles. The van der Waals surface area contributed by atoms with Crippen molar-refractivity contribution in [2.75, 3.05) is 26.2 Å². The minimum atomic E-state index is -0.240. The van der Waals surface area contributed by atoms with Crippen molar-refractivity contribution in [3.05, 3.63) is 35.9 Å². The first kappa shape index (κ1) is 24.6. The molecule has 2 fully saturated rings. The third-order valence-corrected chi connectivity index (χ3v) is 6.69. The molecule has 0 bridgehead atoms. The van der Waals surface area contributed by atoms with Crippen molar-refractivity contribution >= 4 is 11.9 Å². The van der Waals surface area contributed by atoms with Crippen LogP contribution >= 0.6 is 0 Å². The van der Waals surface area contributed by atoms with Gasteiger partial charge in [-0.05, 0) is 64.9 Å². The first-order chi connectivity index (χ1) is 15.2. The number of nitrogens with one attached hydrogen (secondary N) is 2. The molecule has 178 valence electrons. The van der Waals surface area contributed by atoms with Gasteiger partial charge in [0.1, 0.15) is 0 Å².